The third-order valence-corrected chi connectivity index (χ3v) is 3.88. The number of pyridine rings is 1. The van der Waals surface area contributed by atoms with Crippen LogP contribution in [0.15, 0.2) is 73.1 Å². The highest BCUT2D eigenvalue weighted by Crippen LogP contribution is 2.13. The van der Waals surface area contributed by atoms with Crippen LogP contribution in [0.5, 0.6) is 0 Å². The first-order valence-corrected chi connectivity index (χ1v) is 8.34. The number of nitrogens with one attached hydrogen (secondary N) is 2. The molecule has 1 aromatic heterocycles. The van der Waals surface area contributed by atoms with Crippen LogP contribution < -0.4 is 10.6 Å². The molecule has 0 aliphatic rings. The van der Waals surface area contributed by atoms with Gasteiger partial charge in [-0.1, -0.05) is 29.8 Å². The molecule has 5 nitrogen and oxygen atoms in total. The molecule has 3 aromatic rings. The van der Waals surface area contributed by atoms with Crippen molar-refractivity contribution in [2.75, 3.05) is 5.32 Å². The minimum atomic E-state index is -0.283. The summed E-state index contributed by atoms with van der Waals surface area (Å²) in [5.41, 5.74) is 2.35. The van der Waals surface area contributed by atoms with E-state index in [2.05, 4.69) is 15.6 Å². The molecular formula is C20H16ClN3O2. The predicted octanol–water partition coefficient (Wildman–Crippen LogP) is 3.92. The topological polar surface area (TPSA) is 71.1 Å². The number of anilines is 1. The van der Waals surface area contributed by atoms with Crippen LogP contribution in [-0.2, 0) is 6.54 Å². The smallest absolute Gasteiger partial charge is 0.257 e. The van der Waals surface area contributed by atoms with Crippen molar-refractivity contribution in [1.29, 1.82) is 0 Å². The molecule has 6 heteroatoms. The molecule has 0 aliphatic carbocycles. The summed E-state index contributed by atoms with van der Waals surface area (Å²) in [6.07, 6.45) is 3.08. The Balaban J connectivity index is 1.64. The van der Waals surface area contributed by atoms with Crippen molar-refractivity contribution in [2.24, 2.45) is 0 Å². The quantitative estimate of drug-likeness (QED) is 0.720. The number of hydrogen-bond acceptors (Lipinski definition) is 3. The van der Waals surface area contributed by atoms with Crippen molar-refractivity contribution in [3.8, 4) is 0 Å². The van der Waals surface area contributed by atoms with Gasteiger partial charge in [-0.05, 0) is 48.0 Å². The molecule has 0 aliphatic heterocycles. The van der Waals surface area contributed by atoms with E-state index in [4.69, 9.17) is 11.6 Å². The van der Waals surface area contributed by atoms with Gasteiger partial charge < -0.3 is 10.6 Å². The van der Waals surface area contributed by atoms with Gasteiger partial charge in [0.05, 0.1) is 5.56 Å². The first-order valence-electron chi connectivity index (χ1n) is 7.96. The maximum absolute atomic E-state index is 12.3. The van der Waals surface area contributed by atoms with Crippen LogP contribution in [0.3, 0.4) is 0 Å². The standard InChI is InChI=1S/C20H16ClN3O2/c21-17-7-1-4-14(10-17)12-23-19(25)15-5-2-8-18(11-15)24-20(26)16-6-3-9-22-13-16/h1-11,13H,12H2,(H,23,25)(H,24,26). The zero-order valence-corrected chi connectivity index (χ0v) is 14.5. The third kappa shape index (κ3) is 4.68. The summed E-state index contributed by atoms with van der Waals surface area (Å²) < 4.78 is 0. The van der Waals surface area contributed by atoms with Crippen LogP contribution in [0.25, 0.3) is 0 Å². The van der Waals surface area contributed by atoms with E-state index in [9.17, 15) is 9.59 Å². The maximum atomic E-state index is 12.3. The second kappa shape index (κ2) is 8.27. The predicted molar refractivity (Wildman–Crippen MR) is 101 cm³/mol. The number of halogens is 1. The number of carbonyl (C=O) groups excluding carboxylic acids is 2. The fraction of sp³-hybridized carbons (Fsp3) is 0.0500. The summed E-state index contributed by atoms with van der Waals surface area (Å²) in [5.74, 6) is -0.517. The van der Waals surface area contributed by atoms with E-state index in [1.165, 1.54) is 6.20 Å². The largest absolute Gasteiger partial charge is 0.348 e. The van der Waals surface area contributed by atoms with E-state index < -0.39 is 0 Å². The average Bonchev–Trinajstić information content (AvgIpc) is 2.67. The number of hydrogen-bond donors (Lipinski definition) is 2. The van der Waals surface area contributed by atoms with Gasteiger partial charge in [0.2, 0.25) is 0 Å². The maximum Gasteiger partial charge on any atom is 0.257 e. The molecule has 2 aromatic carbocycles. The van der Waals surface area contributed by atoms with Gasteiger partial charge in [-0.25, -0.2) is 0 Å². The van der Waals surface area contributed by atoms with Crippen LogP contribution in [-0.4, -0.2) is 16.8 Å². The fourth-order valence-electron chi connectivity index (χ4n) is 2.37. The Morgan fingerprint density at radius 2 is 1.73 bits per heavy atom. The van der Waals surface area contributed by atoms with Gasteiger partial charge in [0.1, 0.15) is 0 Å². The van der Waals surface area contributed by atoms with Crippen molar-refractivity contribution < 1.29 is 9.59 Å². The van der Waals surface area contributed by atoms with E-state index in [0.29, 0.717) is 28.4 Å². The summed E-state index contributed by atoms with van der Waals surface area (Å²) in [7, 11) is 0. The second-order valence-corrected chi connectivity index (χ2v) is 6.03. The highest BCUT2D eigenvalue weighted by molar-refractivity contribution is 6.30. The van der Waals surface area contributed by atoms with Crippen LogP contribution in [0.4, 0.5) is 5.69 Å². The lowest BCUT2D eigenvalue weighted by Gasteiger charge is -2.09. The number of aromatic nitrogens is 1. The Bertz CT molecular complexity index is 929. The summed E-state index contributed by atoms with van der Waals surface area (Å²) >= 11 is 5.94. The lowest BCUT2D eigenvalue weighted by molar-refractivity contribution is 0.0949. The first-order chi connectivity index (χ1) is 12.6. The molecule has 0 saturated carbocycles. The molecule has 0 atom stereocenters. The molecule has 0 saturated heterocycles. The van der Waals surface area contributed by atoms with Gasteiger partial charge in [0.15, 0.2) is 0 Å². The van der Waals surface area contributed by atoms with Crippen molar-refractivity contribution in [3.05, 3.63) is 94.8 Å². The summed E-state index contributed by atoms with van der Waals surface area (Å²) in [6, 6.07) is 17.4. The normalized spacial score (nSPS) is 10.2. The van der Waals surface area contributed by atoms with Crippen LogP contribution in [0.2, 0.25) is 5.02 Å². The Hall–Kier alpha value is -3.18. The van der Waals surface area contributed by atoms with Crippen molar-refractivity contribution >= 4 is 29.1 Å². The molecule has 0 unspecified atom stereocenters. The number of carbonyl (C=O) groups is 2. The Labute approximate surface area is 156 Å². The molecular weight excluding hydrogens is 350 g/mol. The molecule has 26 heavy (non-hydrogen) atoms. The summed E-state index contributed by atoms with van der Waals surface area (Å²) in [6.45, 7) is 0.367. The second-order valence-electron chi connectivity index (χ2n) is 5.59. The minimum Gasteiger partial charge on any atom is -0.348 e. The molecule has 1 heterocycles. The number of rotatable bonds is 5. The van der Waals surface area contributed by atoms with E-state index in [0.717, 1.165) is 5.56 Å². The zero-order chi connectivity index (χ0) is 18.4. The minimum absolute atomic E-state index is 0.234. The number of nitrogens with zero attached hydrogens (tertiary/aromatic N) is 1. The Kier molecular flexibility index (Phi) is 5.61. The van der Waals surface area contributed by atoms with Crippen molar-refractivity contribution in [1.82, 2.24) is 10.3 Å². The highest BCUT2D eigenvalue weighted by Gasteiger charge is 2.09. The monoisotopic (exact) mass is 365 g/mol. The van der Waals surface area contributed by atoms with Crippen molar-refractivity contribution in [3.63, 3.8) is 0 Å². The molecule has 0 spiro atoms. The molecule has 0 fully saturated rings. The highest BCUT2D eigenvalue weighted by atomic mass is 35.5. The van der Waals surface area contributed by atoms with Gasteiger partial charge in [-0.3, -0.25) is 14.6 Å². The van der Waals surface area contributed by atoms with Gasteiger partial charge in [-0.15, -0.1) is 0 Å². The van der Waals surface area contributed by atoms with Gasteiger partial charge in [0, 0.05) is 35.2 Å². The van der Waals surface area contributed by atoms with Gasteiger partial charge >= 0.3 is 0 Å². The molecule has 2 N–H and O–H groups in total. The molecule has 0 radical (unpaired) electrons. The zero-order valence-electron chi connectivity index (χ0n) is 13.8. The van der Waals surface area contributed by atoms with Crippen LogP contribution in [0, 0.1) is 0 Å². The van der Waals surface area contributed by atoms with Crippen LogP contribution >= 0.6 is 11.6 Å². The Morgan fingerprint density at radius 1 is 0.923 bits per heavy atom. The lowest BCUT2D eigenvalue weighted by Crippen LogP contribution is -2.23. The van der Waals surface area contributed by atoms with Crippen LogP contribution in [0.1, 0.15) is 26.3 Å². The fourth-order valence-corrected chi connectivity index (χ4v) is 2.58. The third-order valence-electron chi connectivity index (χ3n) is 3.65. The van der Waals surface area contributed by atoms with Gasteiger partial charge in [0.25, 0.3) is 11.8 Å². The van der Waals surface area contributed by atoms with E-state index in [-0.39, 0.29) is 11.8 Å². The molecule has 3 rings (SSSR count). The number of amides is 2. The summed E-state index contributed by atoms with van der Waals surface area (Å²) in [5, 5.41) is 6.21. The van der Waals surface area contributed by atoms with E-state index in [1.54, 1.807) is 54.7 Å². The first kappa shape index (κ1) is 17.6. The van der Waals surface area contributed by atoms with Gasteiger partial charge in [-0.2, -0.15) is 0 Å². The Morgan fingerprint density at radius 3 is 2.50 bits per heavy atom. The van der Waals surface area contributed by atoms with E-state index >= 15 is 0 Å². The number of benzene rings is 2. The molecule has 2 amide bonds. The summed E-state index contributed by atoms with van der Waals surface area (Å²) in [4.78, 5) is 28.4. The SMILES string of the molecule is O=C(NCc1cccc(Cl)c1)c1cccc(NC(=O)c2cccnc2)c1. The van der Waals surface area contributed by atoms with Crippen molar-refractivity contribution in [2.45, 2.75) is 6.54 Å². The molecule has 130 valence electrons. The lowest BCUT2D eigenvalue weighted by atomic mass is 10.1. The average molecular weight is 366 g/mol. The molecule has 0 bridgehead atoms. The van der Waals surface area contributed by atoms with E-state index in [1.807, 2.05) is 12.1 Å².